The fraction of sp³-hybridized carbons (Fsp3) is 0.167. The first-order chi connectivity index (χ1) is 11.5. The number of hydrogen-bond donors (Lipinski definition) is 1. The molecule has 0 saturated carbocycles. The molecule has 0 fully saturated rings. The minimum Gasteiger partial charge on any atom is -0.314 e. The summed E-state index contributed by atoms with van der Waals surface area (Å²) in [6.45, 7) is 3.60. The van der Waals surface area contributed by atoms with Crippen LogP contribution < -0.4 is 10.9 Å². The van der Waals surface area contributed by atoms with E-state index in [1.807, 2.05) is 43.3 Å². The van der Waals surface area contributed by atoms with E-state index in [2.05, 4.69) is 10.3 Å². The molecule has 0 spiro atoms. The van der Waals surface area contributed by atoms with Crippen LogP contribution >= 0.6 is 0 Å². The second-order valence-corrected chi connectivity index (χ2v) is 5.55. The maximum atomic E-state index is 12.8. The molecule has 0 aliphatic rings. The van der Waals surface area contributed by atoms with Crippen LogP contribution in [0.15, 0.2) is 53.3 Å². The second-order valence-electron chi connectivity index (χ2n) is 5.55. The van der Waals surface area contributed by atoms with Crippen molar-refractivity contribution in [2.24, 2.45) is 7.05 Å². The molecule has 24 heavy (non-hydrogen) atoms. The van der Waals surface area contributed by atoms with Gasteiger partial charge in [0.05, 0.1) is 11.4 Å². The van der Waals surface area contributed by atoms with Gasteiger partial charge in [-0.2, -0.15) is 0 Å². The molecular weight excluding hydrogens is 304 g/mol. The van der Waals surface area contributed by atoms with Gasteiger partial charge >= 0.3 is 0 Å². The zero-order valence-corrected chi connectivity index (χ0v) is 13.8. The minimum atomic E-state index is -0.398. The summed E-state index contributed by atoms with van der Waals surface area (Å²) in [6, 6.07) is 14.5. The third kappa shape index (κ3) is 2.74. The highest BCUT2D eigenvalue weighted by molar-refractivity contribution is 6.03. The van der Waals surface area contributed by atoms with Gasteiger partial charge in [0.25, 0.3) is 11.5 Å². The number of aromatic nitrogens is 3. The number of rotatable bonds is 3. The molecular formula is C18H18N4O2. The SMILES string of the molecule is Cc1cccc(C(=O)Nc2c(C)n(C)n(-c3ccccc3)c2=O)n1. The average molecular weight is 322 g/mol. The summed E-state index contributed by atoms with van der Waals surface area (Å²) >= 11 is 0. The van der Waals surface area contributed by atoms with Gasteiger partial charge < -0.3 is 5.32 Å². The number of benzene rings is 1. The fourth-order valence-electron chi connectivity index (χ4n) is 2.56. The van der Waals surface area contributed by atoms with E-state index >= 15 is 0 Å². The summed E-state index contributed by atoms with van der Waals surface area (Å²) < 4.78 is 3.24. The van der Waals surface area contributed by atoms with Crippen molar-refractivity contribution in [3.05, 3.63) is 76.0 Å². The number of nitrogens with zero attached hydrogens (tertiary/aromatic N) is 3. The number of carbonyl (C=O) groups excluding carboxylic acids is 1. The van der Waals surface area contributed by atoms with E-state index in [0.29, 0.717) is 5.69 Å². The number of aryl methyl sites for hydroxylation is 1. The van der Waals surface area contributed by atoms with Gasteiger partial charge in [-0.1, -0.05) is 24.3 Å². The van der Waals surface area contributed by atoms with Gasteiger partial charge in [-0.3, -0.25) is 14.3 Å². The molecule has 3 rings (SSSR count). The lowest BCUT2D eigenvalue weighted by molar-refractivity contribution is 0.102. The number of hydrogen-bond acceptors (Lipinski definition) is 3. The first-order valence-corrected chi connectivity index (χ1v) is 7.58. The number of anilines is 1. The summed E-state index contributed by atoms with van der Waals surface area (Å²) in [5.74, 6) is -0.398. The molecule has 0 aliphatic heterocycles. The average Bonchev–Trinajstić information content (AvgIpc) is 2.79. The Bertz CT molecular complexity index is 955. The van der Waals surface area contributed by atoms with Crippen LogP contribution in [-0.2, 0) is 7.05 Å². The van der Waals surface area contributed by atoms with Crippen LogP contribution in [0, 0.1) is 13.8 Å². The van der Waals surface area contributed by atoms with Crippen molar-refractivity contribution in [3.8, 4) is 5.69 Å². The fourth-order valence-corrected chi connectivity index (χ4v) is 2.56. The molecule has 0 saturated heterocycles. The number of carbonyl (C=O) groups is 1. The number of nitrogens with one attached hydrogen (secondary N) is 1. The lowest BCUT2D eigenvalue weighted by Gasteiger charge is -2.07. The van der Waals surface area contributed by atoms with Crippen molar-refractivity contribution in [3.63, 3.8) is 0 Å². The lowest BCUT2D eigenvalue weighted by atomic mass is 10.3. The van der Waals surface area contributed by atoms with Crippen LogP contribution in [-0.4, -0.2) is 20.3 Å². The van der Waals surface area contributed by atoms with E-state index in [1.54, 1.807) is 30.8 Å². The van der Waals surface area contributed by atoms with Gasteiger partial charge in [-0.05, 0) is 38.1 Å². The largest absolute Gasteiger partial charge is 0.314 e. The molecule has 0 bridgehead atoms. The number of amides is 1. The Labute approximate surface area is 139 Å². The molecule has 0 unspecified atom stereocenters. The van der Waals surface area contributed by atoms with Crippen molar-refractivity contribution in [1.82, 2.24) is 14.3 Å². The zero-order valence-electron chi connectivity index (χ0n) is 13.8. The van der Waals surface area contributed by atoms with Crippen molar-refractivity contribution < 1.29 is 4.79 Å². The summed E-state index contributed by atoms with van der Waals surface area (Å²) in [7, 11) is 1.78. The van der Waals surface area contributed by atoms with Crippen molar-refractivity contribution in [2.75, 3.05) is 5.32 Å². The highest BCUT2D eigenvalue weighted by atomic mass is 16.2. The molecule has 2 heterocycles. The predicted molar refractivity (Wildman–Crippen MR) is 92.7 cm³/mol. The van der Waals surface area contributed by atoms with Gasteiger partial charge in [0.15, 0.2) is 0 Å². The van der Waals surface area contributed by atoms with Crippen LogP contribution in [0.3, 0.4) is 0 Å². The molecule has 1 aromatic carbocycles. The molecule has 6 heteroatoms. The Kier molecular flexibility index (Phi) is 4.04. The van der Waals surface area contributed by atoms with E-state index in [-0.39, 0.29) is 16.9 Å². The van der Waals surface area contributed by atoms with E-state index in [9.17, 15) is 9.59 Å². The summed E-state index contributed by atoms with van der Waals surface area (Å²) in [4.78, 5) is 29.3. The molecule has 0 aliphatic carbocycles. The van der Waals surface area contributed by atoms with Crippen molar-refractivity contribution >= 4 is 11.6 Å². The highest BCUT2D eigenvalue weighted by Gasteiger charge is 2.19. The summed E-state index contributed by atoms with van der Waals surface area (Å²) in [5.41, 5.74) is 2.42. The maximum Gasteiger partial charge on any atom is 0.295 e. The van der Waals surface area contributed by atoms with Crippen molar-refractivity contribution in [2.45, 2.75) is 13.8 Å². The van der Waals surface area contributed by atoms with E-state index < -0.39 is 5.91 Å². The van der Waals surface area contributed by atoms with Crippen LogP contribution in [0.4, 0.5) is 5.69 Å². The molecule has 2 aromatic heterocycles. The minimum absolute atomic E-state index is 0.259. The van der Waals surface area contributed by atoms with Crippen LogP contribution in [0.5, 0.6) is 0 Å². The van der Waals surface area contributed by atoms with E-state index in [4.69, 9.17) is 0 Å². The molecule has 3 aromatic rings. The third-order valence-corrected chi connectivity index (χ3v) is 3.91. The van der Waals surface area contributed by atoms with Gasteiger partial charge in [0, 0.05) is 12.7 Å². The quantitative estimate of drug-likeness (QED) is 0.805. The lowest BCUT2D eigenvalue weighted by Crippen LogP contribution is -2.23. The smallest absolute Gasteiger partial charge is 0.295 e. The van der Waals surface area contributed by atoms with Gasteiger partial charge in [0.1, 0.15) is 11.4 Å². The number of para-hydroxylation sites is 1. The molecule has 1 amide bonds. The van der Waals surface area contributed by atoms with Gasteiger partial charge in [0.2, 0.25) is 0 Å². The summed E-state index contributed by atoms with van der Waals surface area (Å²) in [6.07, 6.45) is 0. The van der Waals surface area contributed by atoms with Crippen LogP contribution in [0.25, 0.3) is 5.69 Å². The molecule has 0 radical (unpaired) electrons. The Hall–Kier alpha value is -3.15. The topological polar surface area (TPSA) is 68.9 Å². The van der Waals surface area contributed by atoms with Gasteiger partial charge in [-0.15, -0.1) is 0 Å². The van der Waals surface area contributed by atoms with Crippen LogP contribution in [0.2, 0.25) is 0 Å². The molecule has 6 nitrogen and oxygen atoms in total. The van der Waals surface area contributed by atoms with E-state index in [1.165, 1.54) is 4.68 Å². The normalized spacial score (nSPS) is 10.6. The Balaban J connectivity index is 2.01. The highest BCUT2D eigenvalue weighted by Crippen LogP contribution is 2.14. The van der Waals surface area contributed by atoms with Crippen molar-refractivity contribution in [1.29, 1.82) is 0 Å². The maximum absolute atomic E-state index is 12.8. The second kappa shape index (κ2) is 6.16. The van der Waals surface area contributed by atoms with E-state index in [0.717, 1.165) is 11.4 Å². The first kappa shape index (κ1) is 15.7. The monoisotopic (exact) mass is 322 g/mol. The zero-order chi connectivity index (χ0) is 17.3. The number of pyridine rings is 1. The first-order valence-electron chi connectivity index (χ1n) is 7.58. The molecule has 1 N–H and O–H groups in total. The van der Waals surface area contributed by atoms with Gasteiger partial charge in [-0.25, -0.2) is 9.67 Å². The predicted octanol–water partition coefficient (Wildman–Crippen LogP) is 2.44. The third-order valence-electron chi connectivity index (χ3n) is 3.91. The Morgan fingerprint density at radius 1 is 1.04 bits per heavy atom. The molecule has 122 valence electrons. The van der Waals surface area contributed by atoms with Crippen LogP contribution in [0.1, 0.15) is 21.9 Å². The summed E-state index contributed by atoms with van der Waals surface area (Å²) in [5, 5.41) is 2.70. The Morgan fingerprint density at radius 3 is 2.42 bits per heavy atom. The Morgan fingerprint density at radius 2 is 1.75 bits per heavy atom. The molecule has 0 atom stereocenters. The standard InChI is InChI=1S/C18H18N4O2/c1-12-8-7-11-15(19-12)17(23)20-16-13(2)21(3)22(18(16)24)14-9-5-4-6-10-14/h4-11H,1-3H3,(H,20,23).